The van der Waals surface area contributed by atoms with Crippen LogP contribution in [0.25, 0.3) is 10.9 Å². The molecule has 3 N–H and O–H groups in total. The molecule has 0 spiro atoms. The van der Waals surface area contributed by atoms with Gasteiger partial charge in [-0.3, -0.25) is 4.79 Å². The van der Waals surface area contributed by atoms with E-state index in [1.54, 1.807) is 44.2 Å². The third kappa shape index (κ3) is 5.09. The number of benzene rings is 2. The van der Waals surface area contributed by atoms with E-state index < -0.39 is 10.0 Å². The van der Waals surface area contributed by atoms with Gasteiger partial charge < -0.3 is 19.7 Å². The normalized spacial score (nSPS) is 12.4. The smallest absolute Gasteiger partial charge is 0.322 e. The summed E-state index contributed by atoms with van der Waals surface area (Å²) in [6.45, 7) is 2.09. The summed E-state index contributed by atoms with van der Waals surface area (Å²) in [7, 11) is 1.33. The molecule has 170 valence electrons. The number of urea groups is 1. The number of carbonyl (C=O) groups is 2. The average molecular weight is 458 g/mol. The lowest BCUT2D eigenvalue weighted by molar-refractivity contribution is -0.129. The van der Waals surface area contributed by atoms with Crippen LogP contribution in [-0.2, 0) is 21.4 Å². The molecule has 0 saturated heterocycles. The van der Waals surface area contributed by atoms with Crippen LogP contribution in [0, 0.1) is 0 Å². The second kappa shape index (κ2) is 9.01. The maximum atomic E-state index is 12.8. The van der Waals surface area contributed by atoms with Gasteiger partial charge in [0.05, 0.1) is 10.9 Å². The zero-order valence-corrected chi connectivity index (χ0v) is 19.3. The second-order valence-electron chi connectivity index (χ2n) is 7.84. The molecule has 2 aromatic carbocycles. The summed E-state index contributed by atoms with van der Waals surface area (Å²) < 4.78 is 24.7. The summed E-state index contributed by atoms with van der Waals surface area (Å²) in [5.74, 6) is -0.00686. The van der Waals surface area contributed by atoms with Gasteiger partial charge in [0.25, 0.3) is 0 Å². The quantitative estimate of drug-likeness (QED) is 0.591. The molecule has 3 rings (SSSR count). The molecule has 9 nitrogen and oxygen atoms in total. The van der Waals surface area contributed by atoms with Gasteiger partial charge in [-0.25, -0.2) is 18.4 Å². The van der Waals surface area contributed by atoms with Crippen molar-refractivity contribution in [2.45, 2.75) is 24.4 Å². The maximum Gasteiger partial charge on any atom is 0.322 e. The lowest BCUT2D eigenvalue weighted by Gasteiger charge is -2.25. The molecule has 0 bridgehead atoms. The van der Waals surface area contributed by atoms with E-state index in [-0.39, 0.29) is 29.4 Å². The average Bonchev–Trinajstić information content (AvgIpc) is 3.13. The van der Waals surface area contributed by atoms with Gasteiger partial charge in [0.1, 0.15) is 6.54 Å². The van der Waals surface area contributed by atoms with Crippen molar-refractivity contribution >= 4 is 38.6 Å². The van der Waals surface area contributed by atoms with Gasteiger partial charge in [-0.15, -0.1) is 0 Å². The largest absolute Gasteiger partial charge is 0.347 e. The molecular formula is C22H27N5O4S. The molecule has 32 heavy (non-hydrogen) atoms. The third-order valence-electron chi connectivity index (χ3n) is 5.42. The summed E-state index contributed by atoms with van der Waals surface area (Å²) in [6.07, 6.45) is 1.84. The van der Waals surface area contributed by atoms with Crippen molar-refractivity contribution < 1.29 is 18.0 Å². The number of hydrogen-bond acceptors (Lipinski definition) is 4. The number of likely N-dealkylation sites (N-methyl/N-ethyl adjacent to an activating group) is 1. The number of fused-ring (bicyclic) bond motifs is 1. The number of amides is 3. The number of anilines is 1. The fourth-order valence-electron chi connectivity index (χ4n) is 3.25. The molecule has 1 aromatic heterocycles. The zero-order valence-electron chi connectivity index (χ0n) is 18.4. The van der Waals surface area contributed by atoms with Crippen LogP contribution >= 0.6 is 0 Å². The van der Waals surface area contributed by atoms with Crippen molar-refractivity contribution in [1.82, 2.24) is 14.4 Å². The van der Waals surface area contributed by atoms with Gasteiger partial charge >= 0.3 is 6.03 Å². The van der Waals surface area contributed by atoms with Crippen LogP contribution in [0.2, 0.25) is 0 Å². The van der Waals surface area contributed by atoms with Crippen LogP contribution in [-0.4, -0.2) is 55.9 Å². The van der Waals surface area contributed by atoms with E-state index in [2.05, 4.69) is 5.32 Å². The van der Waals surface area contributed by atoms with Crippen molar-refractivity contribution in [3.05, 3.63) is 60.3 Å². The number of sulfonamides is 1. The first-order valence-corrected chi connectivity index (χ1v) is 11.5. The Bertz CT molecular complexity index is 1250. The number of primary sulfonamides is 1. The number of rotatable bonds is 6. The Kier molecular flexibility index (Phi) is 6.56. The standard InChI is InChI=1S/C22H27N5O4S/c1-15(16-5-8-19(9-6-16)32(23,30)31)26(4)22(29)24-18-7-10-20-17(13-18)11-12-27(20)14-21(28)25(2)3/h5-13,15H,14H2,1-4H3,(H,24,29)(H2,23,30,31). The van der Waals surface area contributed by atoms with Crippen LogP contribution in [0.5, 0.6) is 0 Å². The molecular weight excluding hydrogens is 430 g/mol. The SMILES string of the molecule is CC(c1ccc(S(N)(=O)=O)cc1)N(C)C(=O)Nc1ccc2c(ccn2CC(=O)N(C)C)c1. The van der Waals surface area contributed by atoms with Crippen molar-refractivity contribution in [2.24, 2.45) is 5.14 Å². The highest BCUT2D eigenvalue weighted by Gasteiger charge is 2.19. The minimum Gasteiger partial charge on any atom is -0.347 e. The number of nitrogens with one attached hydrogen (secondary N) is 1. The minimum atomic E-state index is -3.77. The van der Waals surface area contributed by atoms with E-state index in [4.69, 9.17) is 5.14 Å². The Labute approximate surface area is 187 Å². The van der Waals surface area contributed by atoms with Gasteiger partial charge in [-0.05, 0) is 48.9 Å². The predicted molar refractivity (Wildman–Crippen MR) is 124 cm³/mol. The Morgan fingerprint density at radius 1 is 1.06 bits per heavy atom. The van der Waals surface area contributed by atoms with E-state index in [1.807, 2.05) is 35.9 Å². The van der Waals surface area contributed by atoms with Crippen molar-refractivity contribution in [3.8, 4) is 0 Å². The van der Waals surface area contributed by atoms with Crippen molar-refractivity contribution in [1.29, 1.82) is 0 Å². The Morgan fingerprint density at radius 2 is 1.72 bits per heavy atom. The molecule has 10 heteroatoms. The molecule has 0 aliphatic heterocycles. The highest BCUT2D eigenvalue weighted by molar-refractivity contribution is 7.89. The lowest BCUT2D eigenvalue weighted by Crippen LogP contribution is -2.33. The summed E-state index contributed by atoms with van der Waals surface area (Å²) in [4.78, 5) is 27.8. The number of nitrogens with zero attached hydrogens (tertiary/aromatic N) is 3. The van der Waals surface area contributed by atoms with E-state index in [0.717, 1.165) is 16.5 Å². The molecule has 0 fully saturated rings. The molecule has 1 atom stereocenters. The van der Waals surface area contributed by atoms with E-state index in [0.29, 0.717) is 5.69 Å². The molecule has 0 saturated carbocycles. The van der Waals surface area contributed by atoms with Crippen molar-refractivity contribution in [2.75, 3.05) is 26.5 Å². The Balaban J connectivity index is 1.71. The minimum absolute atomic E-state index is 0.00686. The molecule has 1 unspecified atom stereocenters. The first kappa shape index (κ1) is 23.3. The topological polar surface area (TPSA) is 118 Å². The Hall–Kier alpha value is -3.37. The zero-order chi connectivity index (χ0) is 23.6. The molecule has 0 aliphatic carbocycles. The summed E-state index contributed by atoms with van der Waals surface area (Å²) >= 11 is 0. The van der Waals surface area contributed by atoms with Crippen molar-refractivity contribution in [3.63, 3.8) is 0 Å². The maximum absolute atomic E-state index is 12.8. The van der Waals surface area contributed by atoms with E-state index in [9.17, 15) is 18.0 Å². The van der Waals surface area contributed by atoms with Gasteiger partial charge in [0, 0.05) is 43.9 Å². The fourth-order valence-corrected chi connectivity index (χ4v) is 3.77. The fraction of sp³-hybridized carbons (Fsp3) is 0.273. The third-order valence-corrected chi connectivity index (χ3v) is 6.35. The summed E-state index contributed by atoms with van der Waals surface area (Å²) in [6, 6.07) is 12.9. The van der Waals surface area contributed by atoms with Gasteiger partial charge in [0.15, 0.2) is 0 Å². The van der Waals surface area contributed by atoms with Crippen LogP contribution < -0.4 is 10.5 Å². The second-order valence-corrected chi connectivity index (χ2v) is 9.40. The molecule has 0 radical (unpaired) electrons. The molecule has 3 amide bonds. The van der Waals surface area contributed by atoms with E-state index in [1.165, 1.54) is 17.0 Å². The molecule has 1 heterocycles. The number of carbonyl (C=O) groups excluding carboxylic acids is 2. The first-order valence-electron chi connectivity index (χ1n) is 9.93. The first-order chi connectivity index (χ1) is 15.0. The highest BCUT2D eigenvalue weighted by Crippen LogP contribution is 2.24. The van der Waals surface area contributed by atoms with Crippen LogP contribution in [0.1, 0.15) is 18.5 Å². The number of hydrogen-bond donors (Lipinski definition) is 2. The van der Waals surface area contributed by atoms with Crippen LogP contribution in [0.3, 0.4) is 0 Å². The number of nitrogens with two attached hydrogens (primary N) is 1. The Morgan fingerprint density at radius 3 is 2.31 bits per heavy atom. The van der Waals surface area contributed by atoms with Gasteiger partial charge in [-0.1, -0.05) is 12.1 Å². The lowest BCUT2D eigenvalue weighted by atomic mass is 10.1. The van der Waals surface area contributed by atoms with Crippen LogP contribution in [0.15, 0.2) is 59.6 Å². The number of aromatic nitrogens is 1. The highest BCUT2D eigenvalue weighted by atomic mass is 32.2. The predicted octanol–water partition coefficient (Wildman–Crippen LogP) is 2.60. The monoisotopic (exact) mass is 457 g/mol. The summed E-state index contributed by atoms with van der Waals surface area (Å²) in [5, 5.41) is 8.91. The molecule has 3 aromatic rings. The van der Waals surface area contributed by atoms with Crippen LogP contribution in [0.4, 0.5) is 10.5 Å². The van der Waals surface area contributed by atoms with E-state index >= 15 is 0 Å². The summed E-state index contributed by atoms with van der Waals surface area (Å²) in [5.41, 5.74) is 2.30. The van der Waals surface area contributed by atoms with Gasteiger partial charge in [0.2, 0.25) is 15.9 Å². The van der Waals surface area contributed by atoms with Gasteiger partial charge in [-0.2, -0.15) is 0 Å². The molecule has 0 aliphatic rings.